The molecular formula is C20H36IN5OS. The predicted octanol–water partition coefficient (Wildman–Crippen LogP) is 3.74. The summed E-state index contributed by atoms with van der Waals surface area (Å²) in [5.41, 5.74) is 1.12. The molecule has 1 aliphatic heterocycles. The van der Waals surface area contributed by atoms with Crippen LogP contribution >= 0.6 is 35.3 Å². The Morgan fingerprint density at radius 3 is 2.86 bits per heavy atom. The molecule has 1 amide bonds. The van der Waals surface area contributed by atoms with E-state index in [4.69, 9.17) is 0 Å². The quantitative estimate of drug-likeness (QED) is 0.213. The number of aliphatic imine (C=N–C) groups is 1. The first-order valence-electron chi connectivity index (χ1n) is 10.4. The highest BCUT2D eigenvalue weighted by atomic mass is 127. The van der Waals surface area contributed by atoms with Crippen LogP contribution in [0.1, 0.15) is 62.6 Å². The van der Waals surface area contributed by atoms with Crippen LogP contribution in [0.3, 0.4) is 0 Å². The summed E-state index contributed by atoms with van der Waals surface area (Å²) in [6.07, 6.45) is 8.29. The first-order chi connectivity index (χ1) is 13.2. The summed E-state index contributed by atoms with van der Waals surface area (Å²) in [5.74, 6) is 1.20. The number of nitrogens with one attached hydrogen (secondary N) is 2. The van der Waals surface area contributed by atoms with Gasteiger partial charge in [-0.25, -0.2) is 4.98 Å². The zero-order chi connectivity index (χ0) is 19.3. The first kappa shape index (κ1) is 25.1. The molecule has 0 aromatic carbocycles. The average Bonchev–Trinajstić information content (AvgIpc) is 2.96. The number of thiazole rings is 1. The van der Waals surface area contributed by atoms with Crippen LogP contribution in [0.2, 0.25) is 0 Å². The Balaban J connectivity index is 0.00000392. The predicted molar refractivity (Wildman–Crippen MR) is 129 cm³/mol. The van der Waals surface area contributed by atoms with Crippen LogP contribution in [-0.2, 0) is 11.2 Å². The minimum atomic E-state index is 0. The van der Waals surface area contributed by atoms with E-state index >= 15 is 0 Å². The van der Waals surface area contributed by atoms with Gasteiger partial charge < -0.3 is 15.5 Å². The summed E-state index contributed by atoms with van der Waals surface area (Å²) in [6.45, 7) is 8.39. The molecule has 0 spiro atoms. The van der Waals surface area contributed by atoms with Crippen LogP contribution in [0, 0.1) is 6.92 Å². The minimum absolute atomic E-state index is 0. The first-order valence-corrected chi connectivity index (χ1v) is 11.3. The van der Waals surface area contributed by atoms with E-state index in [9.17, 15) is 4.79 Å². The third kappa shape index (κ3) is 10.0. The molecule has 1 fully saturated rings. The van der Waals surface area contributed by atoms with Gasteiger partial charge in [0.1, 0.15) is 0 Å². The van der Waals surface area contributed by atoms with E-state index < -0.39 is 0 Å². The van der Waals surface area contributed by atoms with Gasteiger partial charge in [-0.3, -0.25) is 9.79 Å². The highest BCUT2D eigenvalue weighted by Crippen LogP contribution is 2.12. The fraction of sp³-hybridized carbons (Fsp3) is 0.750. The molecule has 6 nitrogen and oxygen atoms in total. The molecule has 1 aliphatic rings. The SMILES string of the molecule is CCNC(=NCCCN1CCCCCC1=O)NCCCCc1nc(C)cs1.I. The van der Waals surface area contributed by atoms with Gasteiger partial charge in [0.25, 0.3) is 0 Å². The number of rotatable bonds is 10. The standard InChI is InChI=1S/C20H35N5OS.HI/c1-3-21-20(22-12-7-6-10-18-24-17(2)16-27-18)23-13-9-15-25-14-8-4-5-11-19(25)26;/h16H,3-15H2,1-2H3,(H2,21,22,23);1H. The van der Waals surface area contributed by atoms with Crippen LogP contribution < -0.4 is 10.6 Å². The fourth-order valence-electron chi connectivity index (χ4n) is 3.19. The number of aryl methyl sites for hydroxylation is 2. The largest absolute Gasteiger partial charge is 0.357 e. The van der Waals surface area contributed by atoms with E-state index in [1.165, 1.54) is 11.4 Å². The normalized spacial score (nSPS) is 15.1. The van der Waals surface area contributed by atoms with Gasteiger partial charge in [-0.15, -0.1) is 35.3 Å². The maximum atomic E-state index is 12.0. The van der Waals surface area contributed by atoms with E-state index in [-0.39, 0.29) is 24.0 Å². The molecular weight excluding hydrogens is 485 g/mol. The second-order valence-electron chi connectivity index (χ2n) is 7.07. The lowest BCUT2D eigenvalue weighted by Gasteiger charge is -2.20. The smallest absolute Gasteiger partial charge is 0.222 e. The molecule has 2 N–H and O–H groups in total. The summed E-state index contributed by atoms with van der Waals surface area (Å²) in [7, 11) is 0. The Bertz CT molecular complexity index is 593. The Morgan fingerprint density at radius 2 is 2.11 bits per heavy atom. The fourth-order valence-corrected chi connectivity index (χ4v) is 4.01. The molecule has 0 radical (unpaired) electrons. The van der Waals surface area contributed by atoms with E-state index in [0.29, 0.717) is 12.3 Å². The highest BCUT2D eigenvalue weighted by Gasteiger charge is 2.15. The van der Waals surface area contributed by atoms with Crippen molar-refractivity contribution in [1.29, 1.82) is 0 Å². The highest BCUT2D eigenvalue weighted by molar-refractivity contribution is 14.0. The van der Waals surface area contributed by atoms with Crippen LogP contribution in [0.4, 0.5) is 0 Å². The molecule has 2 heterocycles. The van der Waals surface area contributed by atoms with Crippen molar-refractivity contribution < 1.29 is 4.79 Å². The molecule has 1 aromatic heterocycles. The second-order valence-corrected chi connectivity index (χ2v) is 8.01. The zero-order valence-corrected chi connectivity index (χ0v) is 20.5. The third-order valence-corrected chi connectivity index (χ3v) is 5.67. The summed E-state index contributed by atoms with van der Waals surface area (Å²) in [5, 5.41) is 10.1. The van der Waals surface area contributed by atoms with Crippen molar-refractivity contribution in [2.24, 2.45) is 4.99 Å². The van der Waals surface area contributed by atoms with Crippen LogP contribution in [0.5, 0.6) is 0 Å². The Labute approximate surface area is 191 Å². The second kappa shape index (κ2) is 15.0. The molecule has 1 aromatic rings. The Hall–Kier alpha value is -0.900. The van der Waals surface area contributed by atoms with Crippen molar-refractivity contribution in [3.05, 3.63) is 16.1 Å². The van der Waals surface area contributed by atoms with E-state index in [1.54, 1.807) is 11.3 Å². The van der Waals surface area contributed by atoms with Crippen molar-refractivity contribution in [2.75, 3.05) is 32.7 Å². The maximum Gasteiger partial charge on any atom is 0.222 e. The molecule has 0 aliphatic carbocycles. The average molecular weight is 522 g/mol. The number of unbranched alkanes of at least 4 members (excludes halogenated alkanes) is 1. The van der Waals surface area contributed by atoms with Crippen molar-refractivity contribution >= 4 is 47.2 Å². The number of likely N-dealkylation sites (tertiary alicyclic amines) is 1. The summed E-state index contributed by atoms with van der Waals surface area (Å²) in [6, 6.07) is 0. The number of halogens is 1. The molecule has 0 atom stereocenters. The molecule has 1 saturated heterocycles. The lowest BCUT2D eigenvalue weighted by molar-refractivity contribution is -0.130. The van der Waals surface area contributed by atoms with Gasteiger partial charge in [-0.1, -0.05) is 6.42 Å². The number of hydrogen-bond acceptors (Lipinski definition) is 4. The summed E-state index contributed by atoms with van der Waals surface area (Å²) >= 11 is 1.75. The number of nitrogens with zero attached hydrogens (tertiary/aromatic N) is 3. The lowest BCUT2D eigenvalue weighted by Crippen LogP contribution is -2.38. The monoisotopic (exact) mass is 521 g/mol. The lowest BCUT2D eigenvalue weighted by atomic mass is 10.2. The topological polar surface area (TPSA) is 69.6 Å². The van der Waals surface area contributed by atoms with Gasteiger partial charge >= 0.3 is 0 Å². The van der Waals surface area contributed by atoms with Crippen molar-refractivity contribution in [3.63, 3.8) is 0 Å². The van der Waals surface area contributed by atoms with E-state index in [2.05, 4.69) is 32.9 Å². The Morgan fingerprint density at radius 1 is 1.25 bits per heavy atom. The summed E-state index contributed by atoms with van der Waals surface area (Å²) < 4.78 is 0. The number of carbonyl (C=O) groups is 1. The number of amides is 1. The minimum Gasteiger partial charge on any atom is -0.357 e. The van der Waals surface area contributed by atoms with Crippen LogP contribution in [-0.4, -0.2) is 54.5 Å². The zero-order valence-electron chi connectivity index (χ0n) is 17.3. The van der Waals surface area contributed by atoms with Gasteiger partial charge in [-0.2, -0.15) is 0 Å². The number of carbonyl (C=O) groups excluding carboxylic acids is 1. The van der Waals surface area contributed by atoms with Crippen molar-refractivity contribution in [3.8, 4) is 0 Å². The summed E-state index contributed by atoms with van der Waals surface area (Å²) in [4.78, 5) is 23.2. The van der Waals surface area contributed by atoms with Crippen molar-refractivity contribution in [2.45, 2.75) is 65.2 Å². The van der Waals surface area contributed by atoms with Crippen LogP contribution in [0.15, 0.2) is 10.4 Å². The van der Waals surface area contributed by atoms with Gasteiger partial charge in [0.05, 0.1) is 5.01 Å². The third-order valence-electron chi connectivity index (χ3n) is 4.65. The van der Waals surface area contributed by atoms with Crippen LogP contribution in [0.25, 0.3) is 0 Å². The molecule has 28 heavy (non-hydrogen) atoms. The van der Waals surface area contributed by atoms with Gasteiger partial charge in [0.15, 0.2) is 5.96 Å². The molecule has 0 bridgehead atoms. The van der Waals surface area contributed by atoms with E-state index in [1.807, 2.05) is 11.8 Å². The molecule has 2 rings (SSSR count). The molecule has 0 unspecified atom stereocenters. The van der Waals surface area contributed by atoms with Gasteiger partial charge in [0.2, 0.25) is 5.91 Å². The van der Waals surface area contributed by atoms with E-state index in [0.717, 1.165) is 82.9 Å². The molecule has 8 heteroatoms. The van der Waals surface area contributed by atoms with Gasteiger partial charge in [0, 0.05) is 50.2 Å². The Kier molecular flexibility index (Phi) is 13.5. The number of hydrogen-bond donors (Lipinski definition) is 2. The number of guanidine groups is 1. The molecule has 160 valence electrons. The maximum absolute atomic E-state index is 12.0. The number of aromatic nitrogens is 1. The van der Waals surface area contributed by atoms with Crippen molar-refractivity contribution in [1.82, 2.24) is 20.5 Å². The van der Waals surface area contributed by atoms with Gasteiger partial charge in [-0.05, 0) is 52.4 Å². The molecule has 0 saturated carbocycles.